The number of amides is 1. The molecule has 0 aliphatic carbocycles. The van der Waals surface area contributed by atoms with Crippen molar-refractivity contribution in [1.82, 2.24) is 19.8 Å². The van der Waals surface area contributed by atoms with Crippen LogP contribution in [0.2, 0.25) is 0 Å². The van der Waals surface area contributed by atoms with Gasteiger partial charge >= 0.3 is 0 Å². The number of piperazine rings is 1. The summed E-state index contributed by atoms with van der Waals surface area (Å²) >= 11 is 0. The molecule has 8 heteroatoms. The molecule has 1 unspecified atom stereocenters. The van der Waals surface area contributed by atoms with Gasteiger partial charge in [-0.05, 0) is 44.0 Å². The van der Waals surface area contributed by atoms with Crippen molar-refractivity contribution in [2.24, 2.45) is 0 Å². The van der Waals surface area contributed by atoms with Gasteiger partial charge in [0.25, 0.3) is 0 Å². The Kier molecular flexibility index (Phi) is 5.74. The fourth-order valence-electron chi connectivity index (χ4n) is 5.04. The van der Waals surface area contributed by atoms with Gasteiger partial charge in [-0.15, -0.1) is 0 Å². The highest BCUT2D eigenvalue weighted by atomic mass is 16.2. The lowest BCUT2D eigenvalue weighted by Crippen LogP contribution is -2.50. The zero-order chi connectivity index (χ0) is 21.2. The fraction of sp³-hybridized carbons (Fsp3) is 0.522. The number of benzene rings is 1. The molecule has 2 aromatic rings. The van der Waals surface area contributed by atoms with Crippen molar-refractivity contribution in [3.63, 3.8) is 0 Å². The number of hydrogen-bond acceptors (Lipinski definition) is 7. The van der Waals surface area contributed by atoms with E-state index in [1.54, 1.807) is 6.33 Å². The van der Waals surface area contributed by atoms with Crippen molar-refractivity contribution in [1.29, 1.82) is 0 Å². The van der Waals surface area contributed by atoms with Gasteiger partial charge in [0.2, 0.25) is 5.91 Å². The van der Waals surface area contributed by atoms with E-state index < -0.39 is 0 Å². The van der Waals surface area contributed by atoms with E-state index in [0.29, 0.717) is 17.5 Å². The lowest BCUT2D eigenvalue weighted by atomic mass is 9.98. The molecule has 3 aliphatic heterocycles. The molecule has 1 aromatic carbocycles. The topological polar surface area (TPSA) is 76.6 Å². The summed E-state index contributed by atoms with van der Waals surface area (Å²) < 4.78 is 0. The van der Waals surface area contributed by atoms with Crippen molar-refractivity contribution < 1.29 is 4.79 Å². The van der Waals surface area contributed by atoms with Crippen LogP contribution in [0.15, 0.2) is 30.6 Å². The Labute approximate surface area is 183 Å². The van der Waals surface area contributed by atoms with E-state index in [1.165, 1.54) is 37.1 Å². The third-order valence-electron chi connectivity index (χ3n) is 6.74. The molecule has 2 fully saturated rings. The highest BCUT2D eigenvalue weighted by Crippen LogP contribution is 2.33. The van der Waals surface area contributed by atoms with Crippen LogP contribution in [-0.4, -0.2) is 78.0 Å². The largest absolute Gasteiger partial charge is 0.359 e. The number of rotatable bonds is 5. The van der Waals surface area contributed by atoms with Crippen LogP contribution in [0.1, 0.15) is 30.0 Å². The number of carbonyl (C=O) groups is 1. The van der Waals surface area contributed by atoms with Crippen LogP contribution in [0.4, 0.5) is 17.3 Å². The fourth-order valence-corrected chi connectivity index (χ4v) is 5.04. The molecule has 3 aliphatic rings. The van der Waals surface area contributed by atoms with Crippen LogP contribution in [0.3, 0.4) is 0 Å². The molecule has 4 heterocycles. The first-order valence-corrected chi connectivity index (χ1v) is 11.3. The summed E-state index contributed by atoms with van der Waals surface area (Å²) in [6.07, 6.45) is 4.20. The Balaban J connectivity index is 1.33. The number of carbonyl (C=O) groups excluding carboxylic acids is 1. The summed E-state index contributed by atoms with van der Waals surface area (Å²) in [5.41, 5.74) is 3.52. The predicted molar refractivity (Wildman–Crippen MR) is 123 cm³/mol. The number of fused-ring (bicyclic) bond motifs is 1. The number of nitrogens with one attached hydrogen (secondary N) is 2. The minimum atomic E-state index is -0.0487. The van der Waals surface area contributed by atoms with Crippen LogP contribution < -0.4 is 15.5 Å². The van der Waals surface area contributed by atoms with Crippen molar-refractivity contribution in [2.45, 2.75) is 25.8 Å². The summed E-state index contributed by atoms with van der Waals surface area (Å²) in [6.45, 7) is 9.68. The number of likely N-dealkylation sites (tertiary alicyclic amines) is 1. The van der Waals surface area contributed by atoms with Crippen molar-refractivity contribution in [2.75, 3.05) is 67.9 Å². The molecular formula is C23H31N7O. The summed E-state index contributed by atoms with van der Waals surface area (Å²) in [5.74, 6) is 1.48. The Morgan fingerprint density at radius 3 is 2.58 bits per heavy atom. The van der Waals surface area contributed by atoms with Crippen LogP contribution in [0.5, 0.6) is 0 Å². The number of aromatic nitrogens is 2. The van der Waals surface area contributed by atoms with E-state index in [4.69, 9.17) is 0 Å². The number of nitrogens with zero attached hydrogens (tertiary/aromatic N) is 5. The van der Waals surface area contributed by atoms with Crippen LogP contribution in [0, 0.1) is 6.92 Å². The lowest BCUT2D eigenvalue weighted by molar-refractivity contribution is -0.114. The van der Waals surface area contributed by atoms with Gasteiger partial charge in [0.15, 0.2) is 11.6 Å². The lowest BCUT2D eigenvalue weighted by Gasteiger charge is -2.42. The number of anilines is 3. The summed E-state index contributed by atoms with van der Waals surface area (Å²) in [6, 6.07) is 9.22. The molecule has 0 radical (unpaired) electrons. The molecule has 164 valence electrons. The van der Waals surface area contributed by atoms with E-state index >= 15 is 0 Å². The van der Waals surface area contributed by atoms with Crippen LogP contribution in [-0.2, 0) is 4.79 Å². The van der Waals surface area contributed by atoms with Crippen molar-refractivity contribution in [3.05, 3.63) is 41.7 Å². The standard InChI is InChI=1S/C23H31N7O/c1-17-6-2-3-7-18(17)19(15-28-8-4-5-9-28)29-10-12-30(13-11-29)23-21-22(25-16-26-23)24-14-20(31)27-21/h2-3,6-7,16,19H,4-5,8-15H2,1H3,(H,27,31)(H,24,25,26). The first-order chi connectivity index (χ1) is 15.2. The Hall–Kier alpha value is -2.71. The molecule has 8 nitrogen and oxygen atoms in total. The molecule has 2 saturated heterocycles. The average Bonchev–Trinajstić information content (AvgIpc) is 3.31. The molecule has 1 aromatic heterocycles. The second kappa shape index (κ2) is 8.80. The molecule has 5 rings (SSSR count). The molecule has 31 heavy (non-hydrogen) atoms. The smallest absolute Gasteiger partial charge is 0.243 e. The van der Waals surface area contributed by atoms with E-state index in [2.05, 4.69) is 66.5 Å². The molecule has 0 bridgehead atoms. The Bertz CT molecular complexity index is 935. The minimum Gasteiger partial charge on any atom is -0.359 e. The zero-order valence-electron chi connectivity index (χ0n) is 18.2. The van der Waals surface area contributed by atoms with E-state index in [9.17, 15) is 4.79 Å². The molecule has 0 spiro atoms. The van der Waals surface area contributed by atoms with Gasteiger partial charge in [0, 0.05) is 38.8 Å². The second-order valence-electron chi connectivity index (χ2n) is 8.73. The van der Waals surface area contributed by atoms with E-state index in [0.717, 1.165) is 38.5 Å². The van der Waals surface area contributed by atoms with E-state index in [-0.39, 0.29) is 12.5 Å². The molecule has 1 atom stereocenters. The van der Waals surface area contributed by atoms with Gasteiger partial charge in [-0.3, -0.25) is 9.69 Å². The Morgan fingerprint density at radius 2 is 1.81 bits per heavy atom. The Morgan fingerprint density at radius 1 is 1.03 bits per heavy atom. The molecular weight excluding hydrogens is 390 g/mol. The normalized spacial score (nSPS) is 20.8. The quantitative estimate of drug-likeness (QED) is 0.766. The summed E-state index contributed by atoms with van der Waals surface area (Å²) in [5, 5.41) is 6.03. The third-order valence-corrected chi connectivity index (χ3v) is 6.74. The van der Waals surface area contributed by atoms with Gasteiger partial charge in [-0.2, -0.15) is 0 Å². The summed E-state index contributed by atoms with van der Waals surface area (Å²) in [4.78, 5) is 28.2. The highest BCUT2D eigenvalue weighted by molar-refractivity contribution is 6.02. The van der Waals surface area contributed by atoms with Gasteiger partial charge in [-0.25, -0.2) is 9.97 Å². The number of aryl methyl sites for hydroxylation is 1. The predicted octanol–water partition coefficient (Wildman–Crippen LogP) is 2.11. The van der Waals surface area contributed by atoms with Gasteiger partial charge in [0.1, 0.15) is 12.0 Å². The molecule has 1 amide bonds. The first-order valence-electron chi connectivity index (χ1n) is 11.3. The number of hydrogen-bond donors (Lipinski definition) is 2. The van der Waals surface area contributed by atoms with Crippen molar-refractivity contribution in [3.8, 4) is 0 Å². The van der Waals surface area contributed by atoms with Gasteiger partial charge in [0.05, 0.1) is 6.54 Å². The highest BCUT2D eigenvalue weighted by Gasteiger charge is 2.30. The van der Waals surface area contributed by atoms with Gasteiger partial charge in [-0.1, -0.05) is 24.3 Å². The maximum atomic E-state index is 11.9. The molecule has 0 saturated carbocycles. The zero-order valence-corrected chi connectivity index (χ0v) is 18.2. The third kappa shape index (κ3) is 4.22. The average molecular weight is 422 g/mol. The minimum absolute atomic E-state index is 0.0487. The SMILES string of the molecule is Cc1ccccc1C(CN1CCCC1)N1CCN(c2ncnc3c2NC(=O)CN3)CC1. The molecule has 2 N–H and O–H groups in total. The monoisotopic (exact) mass is 421 g/mol. The maximum Gasteiger partial charge on any atom is 0.243 e. The van der Waals surface area contributed by atoms with Crippen LogP contribution in [0.25, 0.3) is 0 Å². The van der Waals surface area contributed by atoms with Gasteiger partial charge < -0.3 is 20.4 Å². The second-order valence-corrected chi connectivity index (χ2v) is 8.73. The van der Waals surface area contributed by atoms with E-state index in [1.807, 2.05) is 0 Å². The maximum absolute atomic E-state index is 11.9. The summed E-state index contributed by atoms with van der Waals surface area (Å²) in [7, 11) is 0. The van der Waals surface area contributed by atoms with Crippen LogP contribution >= 0.6 is 0 Å². The van der Waals surface area contributed by atoms with Crippen molar-refractivity contribution >= 4 is 23.2 Å². The first kappa shape index (κ1) is 20.2.